The zero-order valence-electron chi connectivity index (χ0n) is 12.6. The number of carbonyl (C=O) groups excluding carboxylic acids is 1. The summed E-state index contributed by atoms with van der Waals surface area (Å²) in [6.45, 7) is 1.90. The fourth-order valence-electron chi connectivity index (χ4n) is 2.06. The first kappa shape index (κ1) is 16.3. The van der Waals surface area contributed by atoms with Crippen molar-refractivity contribution < 1.29 is 17.6 Å². The van der Waals surface area contributed by atoms with Crippen molar-refractivity contribution in [3.05, 3.63) is 54.0 Å². The van der Waals surface area contributed by atoms with Gasteiger partial charge in [0.1, 0.15) is 5.76 Å². The molecule has 0 aliphatic heterocycles. The lowest BCUT2D eigenvalue weighted by molar-refractivity contribution is 0.0938. The smallest absolute Gasteiger partial charge is 0.251 e. The molecule has 0 spiro atoms. The highest BCUT2D eigenvalue weighted by Gasteiger charge is 2.13. The molecule has 0 saturated carbocycles. The summed E-state index contributed by atoms with van der Waals surface area (Å²) in [5.74, 6) is 0.595. The Morgan fingerprint density at radius 1 is 1.27 bits per heavy atom. The van der Waals surface area contributed by atoms with Crippen LogP contribution in [-0.4, -0.2) is 26.6 Å². The molecule has 118 valence electrons. The minimum absolute atomic E-state index is 0.0421. The third-order valence-electron chi connectivity index (χ3n) is 3.31. The van der Waals surface area contributed by atoms with E-state index in [0.29, 0.717) is 5.56 Å². The Balaban J connectivity index is 1.97. The molecule has 0 unspecified atom stereocenters. The normalized spacial score (nSPS) is 12.8. The third-order valence-corrected chi connectivity index (χ3v) is 4.42. The van der Waals surface area contributed by atoms with Crippen LogP contribution >= 0.6 is 0 Å². The van der Waals surface area contributed by atoms with Crippen LogP contribution in [0.5, 0.6) is 0 Å². The largest absolute Gasteiger partial charge is 0.469 e. The van der Waals surface area contributed by atoms with Crippen LogP contribution in [-0.2, 0) is 16.3 Å². The monoisotopic (exact) mass is 321 g/mol. The van der Waals surface area contributed by atoms with Gasteiger partial charge < -0.3 is 9.73 Å². The van der Waals surface area contributed by atoms with Crippen LogP contribution < -0.4 is 5.32 Å². The Bertz CT molecular complexity index is 735. The highest BCUT2D eigenvalue weighted by Crippen LogP contribution is 2.12. The fraction of sp³-hybridized carbons (Fsp3) is 0.312. The number of hydrogen-bond acceptors (Lipinski definition) is 4. The molecule has 2 rings (SSSR count). The predicted octanol–water partition coefficient (Wildman–Crippen LogP) is 2.43. The number of amides is 1. The van der Waals surface area contributed by atoms with E-state index in [4.69, 9.17) is 4.42 Å². The summed E-state index contributed by atoms with van der Waals surface area (Å²) in [5.41, 5.74) is 0.341. The summed E-state index contributed by atoms with van der Waals surface area (Å²) in [6.07, 6.45) is 4.22. The maximum atomic E-state index is 12.2. The van der Waals surface area contributed by atoms with Crippen molar-refractivity contribution in [1.29, 1.82) is 0 Å². The number of sulfone groups is 1. The van der Waals surface area contributed by atoms with Crippen LogP contribution in [0.15, 0.2) is 52.0 Å². The van der Waals surface area contributed by atoms with E-state index in [2.05, 4.69) is 5.32 Å². The lowest BCUT2D eigenvalue weighted by Gasteiger charge is -2.13. The summed E-state index contributed by atoms with van der Waals surface area (Å²) < 4.78 is 28.3. The molecule has 0 bridgehead atoms. The van der Waals surface area contributed by atoms with Crippen molar-refractivity contribution in [2.75, 3.05) is 6.26 Å². The average molecular weight is 321 g/mol. The van der Waals surface area contributed by atoms with Gasteiger partial charge in [-0.05, 0) is 43.7 Å². The molecule has 1 heterocycles. The van der Waals surface area contributed by atoms with Crippen LogP contribution in [0.3, 0.4) is 0 Å². The minimum atomic E-state index is -3.32. The van der Waals surface area contributed by atoms with Crippen molar-refractivity contribution >= 4 is 15.7 Å². The Kier molecular flexibility index (Phi) is 5.03. The van der Waals surface area contributed by atoms with Gasteiger partial charge in [0.25, 0.3) is 5.91 Å². The van der Waals surface area contributed by atoms with Crippen LogP contribution in [0.4, 0.5) is 0 Å². The van der Waals surface area contributed by atoms with Gasteiger partial charge in [-0.15, -0.1) is 0 Å². The quantitative estimate of drug-likeness (QED) is 0.886. The van der Waals surface area contributed by atoms with Crippen molar-refractivity contribution in [3.63, 3.8) is 0 Å². The molecule has 0 fully saturated rings. The van der Waals surface area contributed by atoms with Crippen molar-refractivity contribution in [1.82, 2.24) is 5.32 Å². The first-order valence-electron chi connectivity index (χ1n) is 6.99. The van der Waals surface area contributed by atoms with Gasteiger partial charge in [0.15, 0.2) is 9.84 Å². The van der Waals surface area contributed by atoms with Gasteiger partial charge in [0, 0.05) is 24.3 Å². The molecule has 1 atom stereocenters. The molecule has 1 N–H and O–H groups in total. The molecule has 0 aliphatic carbocycles. The Morgan fingerprint density at radius 3 is 2.68 bits per heavy atom. The van der Waals surface area contributed by atoms with E-state index >= 15 is 0 Å². The van der Waals surface area contributed by atoms with E-state index in [1.165, 1.54) is 12.1 Å². The van der Waals surface area contributed by atoms with Crippen LogP contribution in [0.25, 0.3) is 0 Å². The molecule has 0 radical (unpaired) electrons. The van der Waals surface area contributed by atoms with E-state index in [1.54, 1.807) is 18.4 Å². The van der Waals surface area contributed by atoms with Gasteiger partial charge in [0.2, 0.25) is 0 Å². The van der Waals surface area contributed by atoms with Gasteiger partial charge in [0.05, 0.1) is 11.2 Å². The Labute approximate surface area is 130 Å². The molecule has 6 heteroatoms. The van der Waals surface area contributed by atoms with E-state index in [-0.39, 0.29) is 16.8 Å². The van der Waals surface area contributed by atoms with Crippen molar-refractivity contribution in [3.8, 4) is 0 Å². The second-order valence-electron chi connectivity index (χ2n) is 5.29. The molecule has 0 saturated heterocycles. The SMILES string of the molecule is C[C@@H](CCc1ccco1)NC(=O)c1cccc(S(C)(=O)=O)c1. The number of nitrogens with one attached hydrogen (secondary N) is 1. The topological polar surface area (TPSA) is 76.4 Å². The van der Waals surface area contributed by atoms with Gasteiger partial charge in [-0.2, -0.15) is 0 Å². The highest BCUT2D eigenvalue weighted by atomic mass is 32.2. The molecular weight excluding hydrogens is 302 g/mol. The highest BCUT2D eigenvalue weighted by molar-refractivity contribution is 7.90. The maximum absolute atomic E-state index is 12.2. The number of rotatable bonds is 6. The number of furan rings is 1. The first-order valence-corrected chi connectivity index (χ1v) is 8.89. The Hall–Kier alpha value is -2.08. The minimum Gasteiger partial charge on any atom is -0.469 e. The van der Waals surface area contributed by atoms with Crippen molar-refractivity contribution in [2.45, 2.75) is 30.7 Å². The number of hydrogen-bond donors (Lipinski definition) is 1. The lowest BCUT2D eigenvalue weighted by Crippen LogP contribution is -2.32. The van der Waals surface area contributed by atoms with E-state index in [9.17, 15) is 13.2 Å². The van der Waals surface area contributed by atoms with E-state index in [0.717, 1.165) is 24.9 Å². The first-order chi connectivity index (χ1) is 10.4. The standard InChI is InChI=1S/C16H19NO4S/c1-12(8-9-14-6-4-10-21-14)17-16(18)13-5-3-7-15(11-13)22(2,19)20/h3-7,10-12H,8-9H2,1-2H3,(H,17,18)/t12-/m0/s1. The van der Waals surface area contributed by atoms with Gasteiger partial charge in [-0.3, -0.25) is 4.79 Å². The zero-order chi connectivity index (χ0) is 16.2. The number of benzene rings is 1. The molecule has 5 nitrogen and oxygen atoms in total. The summed E-state index contributed by atoms with van der Waals surface area (Å²) >= 11 is 0. The van der Waals surface area contributed by atoms with Gasteiger partial charge in [-0.1, -0.05) is 6.07 Å². The molecule has 1 aromatic heterocycles. The molecule has 0 aliphatic rings. The number of carbonyl (C=O) groups is 1. The summed E-state index contributed by atoms with van der Waals surface area (Å²) in [7, 11) is -3.32. The van der Waals surface area contributed by atoms with E-state index < -0.39 is 9.84 Å². The molecule has 2 aromatic rings. The molecule has 1 amide bonds. The molecular formula is C16H19NO4S. The summed E-state index contributed by atoms with van der Waals surface area (Å²) in [5, 5.41) is 2.86. The lowest BCUT2D eigenvalue weighted by atomic mass is 10.1. The Morgan fingerprint density at radius 2 is 2.05 bits per heavy atom. The molecule has 22 heavy (non-hydrogen) atoms. The second kappa shape index (κ2) is 6.79. The van der Waals surface area contributed by atoms with Gasteiger partial charge >= 0.3 is 0 Å². The third kappa shape index (κ3) is 4.46. The molecule has 1 aromatic carbocycles. The van der Waals surface area contributed by atoms with Crippen molar-refractivity contribution in [2.24, 2.45) is 0 Å². The zero-order valence-corrected chi connectivity index (χ0v) is 13.4. The van der Waals surface area contributed by atoms with Crippen LogP contribution in [0.1, 0.15) is 29.5 Å². The van der Waals surface area contributed by atoms with E-state index in [1.807, 2.05) is 19.1 Å². The maximum Gasteiger partial charge on any atom is 0.251 e. The van der Waals surface area contributed by atoms with Crippen LogP contribution in [0, 0.1) is 0 Å². The summed E-state index contributed by atoms with van der Waals surface area (Å²) in [4.78, 5) is 12.3. The summed E-state index contributed by atoms with van der Waals surface area (Å²) in [6, 6.07) is 9.72. The predicted molar refractivity (Wildman–Crippen MR) is 83.5 cm³/mol. The van der Waals surface area contributed by atoms with Gasteiger partial charge in [-0.25, -0.2) is 8.42 Å². The van der Waals surface area contributed by atoms with Crippen LogP contribution in [0.2, 0.25) is 0 Å². The number of aryl methyl sites for hydroxylation is 1. The fourth-order valence-corrected chi connectivity index (χ4v) is 2.73. The second-order valence-corrected chi connectivity index (χ2v) is 7.31. The average Bonchev–Trinajstić information content (AvgIpc) is 2.97.